The van der Waals surface area contributed by atoms with Gasteiger partial charge in [0.25, 0.3) is 0 Å². The van der Waals surface area contributed by atoms with Crippen molar-refractivity contribution in [1.29, 1.82) is 0 Å². The normalized spacial score (nSPS) is 10.7. The maximum atomic E-state index is 11.0. The highest BCUT2D eigenvalue weighted by Crippen LogP contribution is 2.19. The van der Waals surface area contributed by atoms with Crippen LogP contribution in [0.3, 0.4) is 0 Å². The predicted molar refractivity (Wildman–Crippen MR) is 45.5 cm³/mol. The molecular weight excluding hydrogens is 165 g/mol. The minimum Gasteiger partial charge on any atom is -0.507 e. The van der Waals surface area contributed by atoms with Gasteiger partial charge in [0.05, 0.1) is 5.56 Å². The SMILES string of the molecule is [13CH3][13c]1[13c](O)[13cH][13c]([13CH]([13CH3])[13CH3])o[13c]1=O. The average molecular weight is 177 g/mol. The van der Waals surface area contributed by atoms with E-state index in [2.05, 4.69) is 0 Å². The van der Waals surface area contributed by atoms with Crippen LogP contribution in [0.1, 0.15) is 31.1 Å². The van der Waals surface area contributed by atoms with Gasteiger partial charge in [-0.05, 0) is 6.92 Å². The first-order valence-electron chi connectivity index (χ1n) is 3.86. The standard InChI is InChI=1S/C9H12O3/c1-5(2)8-4-7(10)6(3)9(11)12-8/h4-5,10H,1-3H3/i1+1,2+1,3+1,4+1,5+1,6+1,7+1,8+1,9+1. The van der Waals surface area contributed by atoms with Crippen LogP contribution in [0.15, 0.2) is 15.3 Å². The smallest absolute Gasteiger partial charge is 0.342 e. The van der Waals surface area contributed by atoms with Crippen molar-refractivity contribution in [1.82, 2.24) is 0 Å². The van der Waals surface area contributed by atoms with Gasteiger partial charge in [0.1, 0.15) is 11.5 Å². The minimum absolute atomic E-state index is 0.00921. The molecule has 0 unspecified atom stereocenters. The van der Waals surface area contributed by atoms with Crippen molar-refractivity contribution in [2.75, 3.05) is 0 Å². The molecule has 1 aromatic rings. The van der Waals surface area contributed by atoms with E-state index in [9.17, 15) is 9.90 Å². The lowest BCUT2D eigenvalue weighted by atomic mass is 11.1. The van der Waals surface area contributed by atoms with E-state index in [4.69, 9.17) is 4.42 Å². The molecule has 1 aromatic heterocycles. The second kappa shape index (κ2) is 3.01. The molecule has 0 aliphatic heterocycles. The summed E-state index contributed by atoms with van der Waals surface area (Å²) in [7, 11) is 0. The minimum atomic E-state index is -0.460. The highest BCUT2D eigenvalue weighted by Gasteiger charge is 2.08. The first kappa shape index (κ1) is 8.84. The molecule has 0 aliphatic carbocycles. The Morgan fingerprint density at radius 3 is 2.50 bits per heavy atom. The third-order valence-electron chi connectivity index (χ3n) is 1.75. The van der Waals surface area contributed by atoms with Gasteiger partial charge in [-0.1, -0.05) is 13.8 Å². The average Bonchev–Trinajstić information content (AvgIpc) is 1.99. The number of aromatic hydroxyl groups is 1. The topological polar surface area (TPSA) is 50.4 Å². The molecule has 66 valence electrons. The predicted octanol–water partition coefficient (Wildman–Crippen LogP) is 1.78. The van der Waals surface area contributed by atoms with Crippen LogP contribution in [-0.4, -0.2) is 5.11 Å². The fourth-order valence-electron chi connectivity index (χ4n) is 0.845. The maximum absolute atomic E-state index is 11.0. The highest BCUT2D eigenvalue weighted by molar-refractivity contribution is 5.29. The molecule has 1 heterocycles. The van der Waals surface area contributed by atoms with Crippen LogP contribution in [0, 0.1) is 6.92 Å². The lowest BCUT2D eigenvalue weighted by Crippen LogP contribution is -2.05. The third kappa shape index (κ3) is 1.49. The van der Waals surface area contributed by atoms with Crippen molar-refractivity contribution >= 4 is 0 Å². The van der Waals surface area contributed by atoms with Crippen LogP contribution >= 0.6 is 0 Å². The second-order valence-corrected chi connectivity index (χ2v) is 3.10. The van der Waals surface area contributed by atoms with E-state index in [0.717, 1.165) is 0 Å². The van der Waals surface area contributed by atoms with Crippen LogP contribution in [0.2, 0.25) is 0 Å². The Bertz CT molecular complexity index is 336. The van der Waals surface area contributed by atoms with E-state index in [1.54, 1.807) is 0 Å². The fraction of sp³-hybridized carbons (Fsp3) is 0.444. The third-order valence-corrected chi connectivity index (χ3v) is 1.75. The van der Waals surface area contributed by atoms with Gasteiger partial charge in [0, 0.05) is 12.0 Å². The molecule has 0 aliphatic rings. The molecule has 0 bridgehead atoms. The second-order valence-electron chi connectivity index (χ2n) is 3.10. The molecule has 12 heavy (non-hydrogen) atoms. The molecule has 0 saturated heterocycles. The first-order chi connectivity index (χ1) is 5.52. The zero-order valence-corrected chi connectivity index (χ0v) is 7.42. The number of hydrogen-bond donors (Lipinski definition) is 1. The van der Waals surface area contributed by atoms with Gasteiger partial charge >= 0.3 is 5.63 Å². The van der Waals surface area contributed by atoms with Gasteiger partial charge < -0.3 is 9.52 Å². The van der Waals surface area contributed by atoms with Gasteiger partial charge in [-0.2, -0.15) is 0 Å². The lowest BCUT2D eigenvalue weighted by Gasteiger charge is -2.04. The van der Waals surface area contributed by atoms with Gasteiger partial charge in [0.2, 0.25) is 0 Å². The number of rotatable bonds is 1. The molecule has 3 heteroatoms. The molecular formula is C9H12O3. The largest absolute Gasteiger partial charge is 0.507 e. The Labute approximate surface area is 70.7 Å². The maximum Gasteiger partial charge on any atom is 0.342 e. The van der Waals surface area contributed by atoms with Crippen LogP contribution < -0.4 is 5.63 Å². The summed E-state index contributed by atoms with van der Waals surface area (Å²) in [5, 5.41) is 9.27. The fourth-order valence-corrected chi connectivity index (χ4v) is 0.845. The van der Waals surface area contributed by atoms with Crippen molar-refractivity contribution in [2.24, 2.45) is 0 Å². The Hall–Kier alpha value is -1.25. The van der Waals surface area contributed by atoms with Crippen LogP contribution in [-0.2, 0) is 0 Å². The molecule has 0 aromatic carbocycles. The summed E-state index contributed by atoms with van der Waals surface area (Å²) in [4.78, 5) is 11.0. The van der Waals surface area contributed by atoms with E-state index in [0.29, 0.717) is 5.76 Å². The van der Waals surface area contributed by atoms with Crippen LogP contribution in [0.5, 0.6) is 5.75 Å². The van der Waals surface area contributed by atoms with E-state index in [1.165, 1.54) is 13.0 Å². The van der Waals surface area contributed by atoms with Crippen molar-refractivity contribution in [3.05, 3.63) is 27.8 Å². The van der Waals surface area contributed by atoms with E-state index in [1.807, 2.05) is 13.8 Å². The highest BCUT2D eigenvalue weighted by atomic mass is 16.5. The quantitative estimate of drug-likeness (QED) is 0.665. The van der Waals surface area contributed by atoms with E-state index < -0.39 is 5.63 Å². The molecule has 0 fully saturated rings. The first-order valence-corrected chi connectivity index (χ1v) is 3.86. The Morgan fingerprint density at radius 1 is 1.50 bits per heavy atom. The van der Waals surface area contributed by atoms with Gasteiger partial charge in [0.15, 0.2) is 0 Å². The Morgan fingerprint density at radius 2 is 2.08 bits per heavy atom. The molecule has 1 N–H and O–H groups in total. The van der Waals surface area contributed by atoms with Crippen LogP contribution in [0.4, 0.5) is 0 Å². The molecule has 0 amide bonds. The molecule has 0 radical (unpaired) electrons. The number of hydrogen-bond acceptors (Lipinski definition) is 3. The van der Waals surface area contributed by atoms with Gasteiger partial charge in [-0.25, -0.2) is 4.79 Å². The summed E-state index contributed by atoms with van der Waals surface area (Å²) in [5.41, 5.74) is -0.196. The summed E-state index contributed by atoms with van der Waals surface area (Å²) in [6.45, 7) is 5.32. The monoisotopic (exact) mass is 177 g/mol. The van der Waals surface area contributed by atoms with Crippen molar-refractivity contribution in [2.45, 2.75) is 26.7 Å². The van der Waals surface area contributed by atoms with Crippen LogP contribution in [0.25, 0.3) is 0 Å². The zero-order chi connectivity index (χ0) is 9.30. The Balaban J connectivity index is 3.31. The summed E-state index contributed by atoms with van der Waals surface area (Å²) >= 11 is 0. The summed E-state index contributed by atoms with van der Waals surface area (Å²) in [5.74, 6) is 0.641. The van der Waals surface area contributed by atoms with E-state index in [-0.39, 0.29) is 17.2 Å². The lowest BCUT2D eigenvalue weighted by molar-refractivity contribution is 0.405. The van der Waals surface area contributed by atoms with E-state index >= 15 is 0 Å². The summed E-state index contributed by atoms with van der Waals surface area (Å²) < 4.78 is 4.93. The zero-order valence-electron chi connectivity index (χ0n) is 7.42. The summed E-state index contributed by atoms with van der Waals surface area (Å²) in [6.07, 6.45) is 0. The van der Waals surface area contributed by atoms with Gasteiger partial charge in [-0.15, -0.1) is 0 Å². The van der Waals surface area contributed by atoms with Crippen molar-refractivity contribution < 1.29 is 9.52 Å². The Kier molecular flexibility index (Phi) is 2.22. The van der Waals surface area contributed by atoms with Crippen molar-refractivity contribution in [3.8, 4) is 5.75 Å². The van der Waals surface area contributed by atoms with Crippen molar-refractivity contribution in [3.63, 3.8) is 0 Å². The molecule has 0 spiro atoms. The molecule has 0 atom stereocenters. The van der Waals surface area contributed by atoms with Gasteiger partial charge in [-0.3, -0.25) is 0 Å². The molecule has 3 nitrogen and oxygen atoms in total. The molecule has 0 saturated carbocycles. The summed E-state index contributed by atoms with van der Waals surface area (Å²) in [6, 6.07) is 1.49. The molecule has 1 rings (SSSR count).